The maximum atomic E-state index is 11.3. The summed E-state index contributed by atoms with van der Waals surface area (Å²) in [6, 6.07) is 0.326. The van der Waals surface area contributed by atoms with Gasteiger partial charge in [0.2, 0.25) is 0 Å². The predicted octanol–water partition coefficient (Wildman–Crippen LogP) is -2.09. The molecule has 0 bridgehead atoms. The van der Waals surface area contributed by atoms with Gasteiger partial charge in [0.15, 0.2) is 9.84 Å². The number of sulfone groups is 1. The summed E-state index contributed by atoms with van der Waals surface area (Å²) in [6.45, 7) is 4.48. The maximum absolute atomic E-state index is 11.3. The summed E-state index contributed by atoms with van der Waals surface area (Å²) in [5.41, 5.74) is 0. The summed E-state index contributed by atoms with van der Waals surface area (Å²) in [5, 5.41) is 0. The third kappa shape index (κ3) is 3.33. The molecule has 15 heavy (non-hydrogen) atoms. The van der Waals surface area contributed by atoms with Crippen molar-refractivity contribution >= 4 is 9.84 Å². The molecule has 0 aromatic rings. The van der Waals surface area contributed by atoms with Crippen LogP contribution in [0.2, 0.25) is 0 Å². The first-order chi connectivity index (χ1) is 6.57. The largest absolute Gasteiger partial charge is 1.00 e. The number of rotatable bonds is 1. The number of likely N-dealkylation sites (tertiary alicyclic amines) is 1. The summed E-state index contributed by atoms with van der Waals surface area (Å²) in [4.78, 5) is 2.38. The molecule has 0 saturated carbocycles. The maximum Gasteiger partial charge on any atom is 0.151 e. The lowest BCUT2D eigenvalue weighted by atomic mass is 9.98. The lowest BCUT2D eigenvalue weighted by molar-refractivity contribution is -0.00000572. The molecule has 2 saturated heterocycles. The fourth-order valence-electron chi connectivity index (χ4n) is 2.46. The van der Waals surface area contributed by atoms with Crippen molar-refractivity contribution in [1.29, 1.82) is 0 Å². The normalized spacial score (nSPS) is 32.5. The Morgan fingerprint density at radius 1 is 1.13 bits per heavy atom. The van der Waals surface area contributed by atoms with E-state index in [9.17, 15) is 8.42 Å². The van der Waals surface area contributed by atoms with Gasteiger partial charge in [-0.15, -0.1) is 0 Å². The molecular formula is C10H19ClNO2S-. The molecule has 0 N–H and O–H groups in total. The van der Waals surface area contributed by atoms with Crippen molar-refractivity contribution in [2.45, 2.75) is 32.2 Å². The molecule has 0 aromatic carbocycles. The third-order valence-electron chi connectivity index (χ3n) is 3.54. The van der Waals surface area contributed by atoms with E-state index in [0.29, 0.717) is 17.5 Å². The third-order valence-corrected chi connectivity index (χ3v) is 5.29. The van der Waals surface area contributed by atoms with Gasteiger partial charge in [-0.2, -0.15) is 0 Å². The molecular weight excluding hydrogens is 234 g/mol. The monoisotopic (exact) mass is 252 g/mol. The zero-order valence-electron chi connectivity index (χ0n) is 9.15. The van der Waals surface area contributed by atoms with E-state index in [4.69, 9.17) is 0 Å². The van der Waals surface area contributed by atoms with Gasteiger partial charge in [0.05, 0.1) is 11.5 Å². The lowest BCUT2D eigenvalue weighted by Gasteiger charge is -2.34. The van der Waals surface area contributed by atoms with Crippen molar-refractivity contribution < 1.29 is 20.8 Å². The van der Waals surface area contributed by atoms with Gasteiger partial charge in [-0.05, 0) is 38.3 Å². The Kier molecular flexibility index (Phi) is 4.44. The first kappa shape index (κ1) is 13.3. The van der Waals surface area contributed by atoms with E-state index in [1.807, 2.05) is 0 Å². The molecule has 2 aliphatic heterocycles. The van der Waals surface area contributed by atoms with E-state index in [1.54, 1.807) is 0 Å². The molecule has 2 aliphatic rings. The number of nitrogens with zero attached hydrogens (tertiary/aromatic N) is 1. The minimum atomic E-state index is -2.70. The SMILES string of the molecule is CC1CCN(C2CCS(=O)(=O)C2)CC1.[Cl-]. The lowest BCUT2D eigenvalue weighted by Crippen LogP contribution is -3.00. The molecule has 3 nitrogen and oxygen atoms in total. The highest BCUT2D eigenvalue weighted by Gasteiger charge is 2.33. The number of halogens is 1. The van der Waals surface area contributed by atoms with Crippen LogP contribution >= 0.6 is 0 Å². The zero-order chi connectivity index (χ0) is 10.2. The van der Waals surface area contributed by atoms with Gasteiger partial charge in [0.1, 0.15) is 0 Å². The minimum Gasteiger partial charge on any atom is -1.00 e. The molecule has 2 fully saturated rings. The number of hydrogen-bond acceptors (Lipinski definition) is 3. The molecule has 0 spiro atoms. The molecule has 1 unspecified atom stereocenters. The second-order valence-corrected chi connectivity index (χ2v) is 7.00. The first-order valence-electron chi connectivity index (χ1n) is 5.51. The highest BCUT2D eigenvalue weighted by Crippen LogP contribution is 2.23. The van der Waals surface area contributed by atoms with E-state index in [2.05, 4.69) is 11.8 Å². The Bertz CT molecular complexity index is 297. The second-order valence-electron chi connectivity index (χ2n) is 4.78. The Morgan fingerprint density at radius 3 is 2.20 bits per heavy atom. The molecule has 90 valence electrons. The van der Waals surface area contributed by atoms with Crippen LogP contribution in [0.1, 0.15) is 26.2 Å². The summed E-state index contributed by atoms with van der Waals surface area (Å²) in [5.74, 6) is 1.63. The fourth-order valence-corrected chi connectivity index (χ4v) is 4.22. The smallest absolute Gasteiger partial charge is 0.151 e. The van der Waals surface area contributed by atoms with Crippen LogP contribution in [0.15, 0.2) is 0 Å². The molecule has 5 heteroatoms. The molecule has 1 atom stereocenters. The van der Waals surface area contributed by atoms with Gasteiger partial charge in [-0.3, -0.25) is 4.90 Å². The van der Waals surface area contributed by atoms with E-state index in [0.717, 1.165) is 25.4 Å². The van der Waals surface area contributed by atoms with Crippen LogP contribution in [0.25, 0.3) is 0 Å². The van der Waals surface area contributed by atoms with Crippen LogP contribution < -0.4 is 12.4 Å². The first-order valence-corrected chi connectivity index (χ1v) is 7.33. The van der Waals surface area contributed by atoms with E-state index >= 15 is 0 Å². The zero-order valence-corrected chi connectivity index (χ0v) is 10.7. The van der Waals surface area contributed by atoms with Crippen LogP contribution in [0, 0.1) is 5.92 Å². The van der Waals surface area contributed by atoms with E-state index in [1.165, 1.54) is 12.8 Å². The van der Waals surface area contributed by atoms with Crippen LogP contribution in [-0.2, 0) is 9.84 Å². The van der Waals surface area contributed by atoms with Crippen molar-refractivity contribution in [1.82, 2.24) is 4.90 Å². The van der Waals surface area contributed by atoms with Gasteiger partial charge in [-0.1, -0.05) is 6.92 Å². The Balaban J connectivity index is 0.00000112. The summed E-state index contributed by atoms with van der Waals surface area (Å²) >= 11 is 0. The van der Waals surface area contributed by atoms with Gasteiger partial charge >= 0.3 is 0 Å². The second kappa shape index (κ2) is 5.02. The van der Waals surface area contributed by atoms with Crippen molar-refractivity contribution in [2.75, 3.05) is 24.6 Å². The summed E-state index contributed by atoms with van der Waals surface area (Å²) in [7, 11) is -2.70. The topological polar surface area (TPSA) is 37.4 Å². The predicted molar refractivity (Wildman–Crippen MR) is 57.0 cm³/mol. The number of hydrogen-bond donors (Lipinski definition) is 0. The molecule has 2 heterocycles. The fraction of sp³-hybridized carbons (Fsp3) is 1.00. The molecule has 0 amide bonds. The highest BCUT2D eigenvalue weighted by molar-refractivity contribution is 7.91. The van der Waals surface area contributed by atoms with Gasteiger partial charge in [-0.25, -0.2) is 8.42 Å². The number of piperidine rings is 1. The van der Waals surface area contributed by atoms with E-state index < -0.39 is 9.84 Å². The van der Waals surface area contributed by atoms with Crippen LogP contribution in [0.4, 0.5) is 0 Å². The summed E-state index contributed by atoms with van der Waals surface area (Å²) < 4.78 is 22.6. The van der Waals surface area contributed by atoms with E-state index in [-0.39, 0.29) is 12.4 Å². The Hall–Kier alpha value is 0.200. The minimum absolute atomic E-state index is 0. The van der Waals surface area contributed by atoms with Crippen LogP contribution in [-0.4, -0.2) is 44.0 Å². The van der Waals surface area contributed by atoms with Crippen LogP contribution in [0.3, 0.4) is 0 Å². The molecule has 0 aliphatic carbocycles. The average Bonchev–Trinajstić information content (AvgIpc) is 2.47. The van der Waals surface area contributed by atoms with Gasteiger partial charge < -0.3 is 12.4 Å². The van der Waals surface area contributed by atoms with Crippen LogP contribution in [0.5, 0.6) is 0 Å². The van der Waals surface area contributed by atoms with Crippen molar-refractivity contribution in [3.8, 4) is 0 Å². The molecule has 2 rings (SSSR count). The van der Waals surface area contributed by atoms with Crippen molar-refractivity contribution in [2.24, 2.45) is 5.92 Å². The standard InChI is InChI=1S/C10H19NO2S.ClH/c1-9-2-5-11(6-3-9)10-4-7-14(12,13)8-10;/h9-10H,2-8H2,1H3;1H/p-1. The molecule has 0 radical (unpaired) electrons. The quantitative estimate of drug-likeness (QED) is 0.537. The highest BCUT2D eigenvalue weighted by atomic mass is 35.5. The summed E-state index contributed by atoms with van der Waals surface area (Å²) in [6.07, 6.45) is 3.32. The van der Waals surface area contributed by atoms with Gasteiger partial charge in [0, 0.05) is 6.04 Å². The van der Waals surface area contributed by atoms with Gasteiger partial charge in [0.25, 0.3) is 0 Å². The van der Waals surface area contributed by atoms with Crippen molar-refractivity contribution in [3.63, 3.8) is 0 Å². The molecule has 0 aromatic heterocycles. The average molecular weight is 253 g/mol. The Morgan fingerprint density at radius 2 is 1.73 bits per heavy atom. The Labute approximate surface area is 98.6 Å². The van der Waals surface area contributed by atoms with Crippen molar-refractivity contribution in [3.05, 3.63) is 0 Å².